The van der Waals surface area contributed by atoms with Crippen molar-refractivity contribution in [3.63, 3.8) is 0 Å². The maximum atomic E-state index is 13.4. The minimum atomic E-state index is -3.82. The maximum Gasteiger partial charge on any atom is 0.279 e. The molecule has 0 aliphatic carbocycles. The molecule has 0 saturated carbocycles. The van der Waals surface area contributed by atoms with Crippen LogP contribution in [0.4, 0.5) is 4.39 Å². The van der Waals surface area contributed by atoms with E-state index in [0.29, 0.717) is 33.3 Å². The van der Waals surface area contributed by atoms with E-state index in [1.54, 1.807) is 36.4 Å². The molecule has 2 N–H and O–H groups in total. The molecule has 0 saturated heterocycles. The lowest BCUT2D eigenvalue weighted by molar-refractivity contribution is 0.468. The molecule has 4 aromatic rings. The number of halogens is 1. The summed E-state index contributed by atoms with van der Waals surface area (Å²) in [7, 11) is -2.43. The van der Waals surface area contributed by atoms with Gasteiger partial charge in [-0.2, -0.15) is 22.5 Å². The SMILES string of the molecule is CN(Cc1cccc(-c2nn(-c3ccc(F)cc3)c(=O)c3ccccc23)c1)S(N)(=O)=O. The summed E-state index contributed by atoms with van der Waals surface area (Å²) in [6.07, 6.45) is 0. The molecule has 31 heavy (non-hydrogen) atoms. The highest BCUT2D eigenvalue weighted by Crippen LogP contribution is 2.26. The van der Waals surface area contributed by atoms with E-state index in [4.69, 9.17) is 5.14 Å². The molecule has 0 bridgehead atoms. The third-order valence-corrected chi connectivity index (χ3v) is 5.91. The van der Waals surface area contributed by atoms with E-state index in [1.807, 2.05) is 12.1 Å². The van der Waals surface area contributed by atoms with Gasteiger partial charge in [-0.1, -0.05) is 36.4 Å². The summed E-state index contributed by atoms with van der Waals surface area (Å²) in [6.45, 7) is 0.0855. The fraction of sp³-hybridized carbons (Fsp3) is 0.0909. The molecule has 4 rings (SSSR count). The van der Waals surface area contributed by atoms with Gasteiger partial charge in [0.25, 0.3) is 15.8 Å². The van der Waals surface area contributed by atoms with Crippen molar-refractivity contribution < 1.29 is 12.8 Å². The van der Waals surface area contributed by atoms with E-state index in [0.717, 1.165) is 4.31 Å². The summed E-state index contributed by atoms with van der Waals surface area (Å²) in [5.74, 6) is -0.413. The molecule has 7 nitrogen and oxygen atoms in total. The highest BCUT2D eigenvalue weighted by Gasteiger charge is 2.16. The van der Waals surface area contributed by atoms with Gasteiger partial charge in [0.15, 0.2) is 0 Å². The Morgan fingerprint density at radius 3 is 2.35 bits per heavy atom. The number of hydrogen-bond acceptors (Lipinski definition) is 4. The van der Waals surface area contributed by atoms with Crippen LogP contribution in [0.1, 0.15) is 5.56 Å². The molecule has 0 amide bonds. The van der Waals surface area contributed by atoms with E-state index in [1.165, 1.54) is 36.0 Å². The average molecular weight is 438 g/mol. The van der Waals surface area contributed by atoms with E-state index in [-0.39, 0.29) is 12.1 Å². The molecule has 1 heterocycles. The Balaban J connectivity index is 1.90. The van der Waals surface area contributed by atoms with Crippen LogP contribution in [0.15, 0.2) is 77.6 Å². The van der Waals surface area contributed by atoms with Gasteiger partial charge in [0.05, 0.1) is 16.8 Å². The number of fused-ring (bicyclic) bond motifs is 1. The van der Waals surface area contributed by atoms with Crippen LogP contribution in [0, 0.1) is 5.82 Å². The summed E-state index contributed by atoms with van der Waals surface area (Å²) in [6, 6.07) is 19.8. The van der Waals surface area contributed by atoms with Crippen molar-refractivity contribution in [2.45, 2.75) is 6.54 Å². The van der Waals surface area contributed by atoms with Gasteiger partial charge in [-0.25, -0.2) is 9.53 Å². The Hall–Kier alpha value is -3.40. The monoisotopic (exact) mass is 438 g/mol. The van der Waals surface area contributed by atoms with Gasteiger partial charge in [0.2, 0.25) is 0 Å². The van der Waals surface area contributed by atoms with Crippen LogP contribution in [0.5, 0.6) is 0 Å². The van der Waals surface area contributed by atoms with Crippen molar-refractivity contribution in [3.8, 4) is 16.9 Å². The molecule has 0 atom stereocenters. The lowest BCUT2D eigenvalue weighted by atomic mass is 10.0. The molecule has 0 spiro atoms. The van der Waals surface area contributed by atoms with Crippen molar-refractivity contribution in [1.82, 2.24) is 14.1 Å². The van der Waals surface area contributed by atoms with E-state index in [9.17, 15) is 17.6 Å². The zero-order valence-electron chi connectivity index (χ0n) is 16.6. The molecular weight excluding hydrogens is 419 g/mol. The van der Waals surface area contributed by atoms with Gasteiger partial charge < -0.3 is 0 Å². The maximum absolute atomic E-state index is 13.4. The Bertz CT molecular complexity index is 1430. The lowest BCUT2D eigenvalue weighted by Gasteiger charge is -2.15. The molecule has 158 valence electrons. The molecule has 1 aromatic heterocycles. The van der Waals surface area contributed by atoms with E-state index in [2.05, 4.69) is 5.10 Å². The van der Waals surface area contributed by atoms with Crippen molar-refractivity contribution in [1.29, 1.82) is 0 Å². The van der Waals surface area contributed by atoms with Crippen LogP contribution in [-0.4, -0.2) is 29.6 Å². The first-order valence-electron chi connectivity index (χ1n) is 9.35. The quantitative estimate of drug-likeness (QED) is 0.518. The second-order valence-electron chi connectivity index (χ2n) is 7.09. The fourth-order valence-corrected chi connectivity index (χ4v) is 3.65. The van der Waals surface area contributed by atoms with E-state index < -0.39 is 16.0 Å². The number of nitrogens with two attached hydrogens (primary N) is 1. The summed E-state index contributed by atoms with van der Waals surface area (Å²) in [5, 5.41) is 10.9. The highest BCUT2D eigenvalue weighted by atomic mass is 32.2. The number of hydrogen-bond donors (Lipinski definition) is 1. The molecule has 0 unspecified atom stereocenters. The molecule has 0 aliphatic heterocycles. The first-order chi connectivity index (χ1) is 14.7. The zero-order chi connectivity index (χ0) is 22.2. The first-order valence-corrected chi connectivity index (χ1v) is 10.9. The summed E-state index contributed by atoms with van der Waals surface area (Å²) >= 11 is 0. The predicted molar refractivity (Wildman–Crippen MR) is 117 cm³/mol. The normalized spacial score (nSPS) is 11.9. The third-order valence-electron chi connectivity index (χ3n) is 4.92. The lowest BCUT2D eigenvalue weighted by Crippen LogP contribution is -2.32. The van der Waals surface area contributed by atoms with Crippen LogP contribution in [0.2, 0.25) is 0 Å². The van der Waals surface area contributed by atoms with Crippen LogP contribution in [-0.2, 0) is 16.8 Å². The molecule has 0 aliphatic rings. The van der Waals surface area contributed by atoms with Crippen molar-refractivity contribution in [2.24, 2.45) is 5.14 Å². The minimum Gasteiger partial charge on any atom is -0.267 e. The zero-order valence-corrected chi connectivity index (χ0v) is 17.4. The smallest absolute Gasteiger partial charge is 0.267 e. The average Bonchev–Trinajstić information content (AvgIpc) is 2.74. The number of nitrogens with zero attached hydrogens (tertiary/aromatic N) is 3. The summed E-state index contributed by atoms with van der Waals surface area (Å²) in [4.78, 5) is 13.0. The van der Waals surface area contributed by atoms with Crippen LogP contribution < -0.4 is 10.7 Å². The molecular formula is C22H19FN4O3S. The summed E-state index contributed by atoms with van der Waals surface area (Å²) < 4.78 is 38.8. The second kappa shape index (κ2) is 8.03. The van der Waals surface area contributed by atoms with Gasteiger partial charge in [-0.3, -0.25) is 4.79 Å². The summed E-state index contributed by atoms with van der Waals surface area (Å²) in [5.41, 5.74) is 2.06. The Labute approximate surface area is 178 Å². The van der Waals surface area contributed by atoms with Gasteiger partial charge in [-0.05, 0) is 42.0 Å². The van der Waals surface area contributed by atoms with Crippen LogP contribution in [0.3, 0.4) is 0 Å². The van der Waals surface area contributed by atoms with Crippen LogP contribution >= 0.6 is 0 Å². The Morgan fingerprint density at radius 2 is 1.68 bits per heavy atom. The van der Waals surface area contributed by atoms with E-state index >= 15 is 0 Å². The van der Waals surface area contributed by atoms with Crippen molar-refractivity contribution in [3.05, 3.63) is 94.5 Å². The third kappa shape index (κ3) is 4.24. The number of aromatic nitrogens is 2. The minimum absolute atomic E-state index is 0.0855. The second-order valence-corrected chi connectivity index (χ2v) is 8.74. The van der Waals surface area contributed by atoms with Crippen molar-refractivity contribution in [2.75, 3.05) is 7.05 Å². The van der Waals surface area contributed by atoms with Gasteiger partial charge in [0.1, 0.15) is 5.82 Å². The van der Waals surface area contributed by atoms with Crippen LogP contribution in [0.25, 0.3) is 27.7 Å². The van der Waals surface area contributed by atoms with Gasteiger partial charge in [0, 0.05) is 24.5 Å². The largest absolute Gasteiger partial charge is 0.279 e. The fourth-order valence-electron chi connectivity index (χ4n) is 3.32. The number of benzene rings is 3. The molecule has 0 fully saturated rings. The van der Waals surface area contributed by atoms with Gasteiger partial charge in [-0.15, -0.1) is 0 Å². The Kier molecular flexibility index (Phi) is 5.40. The first kappa shape index (κ1) is 20.9. The van der Waals surface area contributed by atoms with Crippen molar-refractivity contribution >= 4 is 21.0 Å². The topological polar surface area (TPSA) is 98.3 Å². The highest BCUT2D eigenvalue weighted by molar-refractivity contribution is 7.86. The van der Waals surface area contributed by atoms with Gasteiger partial charge >= 0.3 is 0 Å². The predicted octanol–water partition coefficient (Wildman–Crippen LogP) is 2.83. The molecule has 9 heteroatoms. The number of rotatable bonds is 5. The standard InChI is InChI=1S/C22H19FN4O3S/c1-26(31(24,29)30)14-15-5-4-6-16(13-15)21-19-7-2-3-8-20(19)22(28)27(25-21)18-11-9-17(23)10-12-18/h2-13H,14H2,1H3,(H2,24,29,30). The molecule has 0 radical (unpaired) electrons. The Morgan fingerprint density at radius 1 is 1.00 bits per heavy atom. The molecule has 3 aromatic carbocycles.